The van der Waals surface area contributed by atoms with Crippen molar-refractivity contribution in [1.82, 2.24) is 9.78 Å². The van der Waals surface area contributed by atoms with Gasteiger partial charge in [0.1, 0.15) is 18.2 Å². The average Bonchev–Trinajstić information content (AvgIpc) is 2.75. The summed E-state index contributed by atoms with van der Waals surface area (Å²) in [6.07, 6.45) is 1.51. The lowest BCUT2D eigenvalue weighted by Gasteiger charge is -2.10. The molecule has 0 saturated heterocycles. The zero-order valence-electron chi connectivity index (χ0n) is 12.8. The lowest BCUT2D eigenvalue weighted by atomic mass is 10.1. The Labute approximate surface area is 124 Å². The molecule has 1 aromatic heterocycles. The third kappa shape index (κ3) is 4.29. The van der Waals surface area contributed by atoms with Gasteiger partial charge in [-0.2, -0.15) is 5.10 Å². The molecule has 4 nitrogen and oxygen atoms in total. The molecule has 1 heterocycles. The predicted octanol–water partition coefficient (Wildman–Crippen LogP) is 2.59. The van der Waals surface area contributed by atoms with E-state index in [0.717, 1.165) is 23.4 Å². The van der Waals surface area contributed by atoms with Crippen molar-refractivity contribution in [3.05, 3.63) is 47.0 Å². The highest BCUT2D eigenvalue weighted by Crippen LogP contribution is 2.19. The SMILES string of the molecule is CCc1cc(COc2cc(F)cc(CC(C)N)c2)n(C)n1. The van der Waals surface area contributed by atoms with Crippen molar-refractivity contribution in [3.63, 3.8) is 0 Å². The van der Waals surface area contributed by atoms with Gasteiger partial charge in [-0.3, -0.25) is 4.68 Å². The molecule has 1 unspecified atom stereocenters. The second kappa shape index (κ2) is 6.72. The number of hydrogen-bond acceptors (Lipinski definition) is 3. The Morgan fingerprint density at radius 3 is 2.71 bits per heavy atom. The lowest BCUT2D eigenvalue weighted by Crippen LogP contribution is -2.17. The number of hydrogen-bond donors (Lipinski definition) is 1. The van der Waals surface area contributed by atoms with Gasteiger partial charge in [0.05, 0.1) is 11.4 Å². The van der Waals surface area contributed by atoms with Gasteiger partial charge >= 0.3 is 0 Å². The van der Waals surface area contributed by atoms with E-state index in [9.17, 15) is 4.39 Å². The lowest BCUT2D eigenvalue weighted by molar-refractivity contribution is 0.293. The summed E-state index contributed by atoms with van der Waals surface area (Å²) in [4.78, 5) is 0. The smallest absolute Gasteiger partial charge is 0.130 e. The van der Waals surface area contributed by atoms with Gasteiger partial charge in [-0.15, -0.1) is 0 Å². The van der Waals surface area contributed by atoms with Crippen LogP contribution in [0.4, 0.5) is 4.39 Å². The summed E-state index contributed by atoms with van der Waals surface area (Å²) in [5.74, 6) is 0.215. The summed E-state index contributed by atoms with van der Waals surface area (Å²) in [6.45, 7) is 4.32. The molecule has 0 amide bonds. The monoisotopic (exact) mass is 291 g/mol. The number of rotatable bonds is 6. The average molecular weight is 291 g/mol. The molecule has 2 aromatic rings. The van der Waals surface area contributed by atoms with Crippen LogP contribution in [-0.2, 0) is 26.5 Å². The first-order valence-corrected chi connectivity index (χ1v) is 7.17. The van der Waals surface area contributed by atoms with Crippen LogP contribution in [0.2, 0.25) is 0 Å². The van der Waals surface area contributed by atoms with Gasteiger partial charge in [-0.05, 0) is 43.5 Å². The van der Waals surface area contributed by atoms with Crippen molar-refractivity contribution in [2.45, 2.75) is 39.3 Å². The van der Waals surface area contributed by atoms with Crippen LogP contribution in [0, 0.1) is 5.82 Å². The fourth-order valence-corrected chi connectivity index (χ4v) is 2.23. The summed E-state index contributed by atoms with van der Waals surface area (Å²) in [5.41, 5.74) is 8.58. The van der Waals surface area contributed by atoms with Crippen molar-refractivity contribution in [1.29, 1.82) is 0 Å². The maximum Gasteiger partial charge on any atom is 0.130 e. The standard InChI is InChI=1S/C16H22FN3O/c1-4-14-9-15(20(3)19-14)10-21-16-7-12(5-11(2)18)6-13(17)8-16/h6-9,11H,4-5,10,18H2,1-3H3. The summed E-state index contributed by atoms with van der Waals surface area (Å²) in [5, 5.41) is 4.36. The van der Waals surface area contributed by atoms with Gasteiger partial charge in [0.25, 0.3) is 0 Å². The minimum atomic E-state index is -0.303. The minimum absolute atomic E-state index is 0.0103. The fraction of sp³-hybridized carbons (Fsp3) is 0.438. The number of aryl methyl sites for hydroxylation is 2. The number of benzene rings is 1. The van der Waals surface area contributed by atoms with Crippen LogP contribution in [-0.4, -0.2) is 15.8 Å². The highest BCUT2D eigenvalue weighted by Gasteiger charge is 2.07. The van der Waals surface area contributed by atoms with Gasteiger partial charge in [0.2, 0.25) is 0 Å². The van der Waals surface area contributed by atoms with E-state index in [-0.39, 0.29) is 11.9 Å². The molecule has 1 atom stereocenters. The van der Waals surface area contributed by atoms with Gasteiger partial charge in [-0.1, -0.05) is 6.92 Å². The molecule has 2 rings (SSSR count). The highest BCUT2D eigenvalue weighted by molar-refractivity contribution is 5.30. The molecular formula is C16H22FN3O. The van der Waals surface area contributed by atoms with Crippen LogP contribution in [0.3, 0.4) is 0 Å². The maximum atomic E-state index is 13.6. The molecule has 2 N–H and O–H groups in total. The van der Waals surface area contributed by atoms with E-state index in [4.69, 9.17) is 10.5 Å². The molecule has 0 fully saturated rings. The van der Waals surface area contributed by atoms with E-state index >= 15 is 0 Å². The van der Waals surface area contributed by atoms with E-state index < -0.39 is 0 Å². The van der Waals surface area contributed by atoms with Crippen LogP contribution < -0.4 is 10.5 Å². The Bertz CT molecular complexity index is 608. The molecule has 114 valence electrons. The Morgan fingerprint density at radius 2 is 2.10 bits per heavy atom. The molecule has 0 aliphatic carbocycles. The van der Waals surface area contributed by atoms with Crippen LogP contribution in [0.5, 0.6) is 5.75 Å². The normalized spacial score (nSPS) is 12.4. The zero-order chi connectivity index (χ0) is 15.4. The Morgan fingerprint density at radius 1 is 1.33 bits per heavy atom. The van der Waals surface area contributed by atoms with Gasteiger partial charge in [0, 0.05) is 19.2 Å². The van der Waals surface area contributed by atoms with Crippen LogP contribution in [0.1, 0.15) is 30.8 Å². The van der Waals surface area contributed by atoms with Gasteiger partial charge in [0.15, 0.2) is 0 Å². The predicted molar refractivity (Wildman–Crippen MR) is 80.7 cm³/mol. The summed E-state index contributed by atoms with van der Waals surface area (Å²) >= 11 is 0. The van der Waals surface area contributed by atoms with Crippen LogP contribution in [0.25, 0.3) is 0 Å². The fourth-order valence-electron chi connectivity index (χ4n) is 2.23. The number of nitrogens with zero attached hydrogens (tertiary/aromatic N) is 2. The molecule has 5 heteroatoms. The second-order valence-electron chi connectivity index (χ2n) is 5.37. The molecule has 0 aliphatic heterocycles. The zero-order valence-corrected chi connectivity index (χ0v) is 12.8. The molecule has 0 spiro atoms. The van der Waals surface area contributed by atoms with Crippen molar-refractivity contribution < 1.29 is 9.13 Å². The Balaban J connectivity index is 2.08. The molecule has 0 radical (unpaired) electrons. The summed E-state index contributed by atoms with van der Waals surface area (Å²) in [7, 11) is 1.88. The number of halogens is 1. The van der Waals surface area contributed by atoms with E-state index in [1.54, 1.807) is 4.68 Å². The van der Waals surface area contributed by atoms with E-state index in [0.29, 0.717) is 18.8 Å². The molecule has 0 bridgehead atoms. The van der Waals surface area contributed by atoms with Crippen LogP contribution in [0.15, 0.2) is 24.3 Å². The van der Waals surface area contributed by atoms with Crippen molar-refractivity contribution in [2.24, 2.45) is 12.8 Å². The first-order chi connectivity index (χ1) is 9.97. The largest absolute Gasteiger partial charge is 0.487 e. The quantitative estimate of drug-likeness (QED) is 0.890. The first-order valence-electron chi connectivity index (χ1n) is 7.17. The molecule has 1 aromatic carbocycles. The molecular weight excluding hydrogens is 269 g/mol. The first kappa shape index (κ1) is 15.5. The minimum Gasteiger partial charge on any atom is -0.487 e. The number of nitrogens with two attached hydrogens (primary N) is 1. The third-order valence-electron chi connectivity index (χ3n) is 3.27. The topological polar surface area (TPSA) is 53.1 Å². The summed E-state index contributed by atoms with van der Waals surface area (Å²) < 4.78 is 21.1. The van der Waals surface area contributed by atoms with E-state index in [1.165, 1.54) is 12.1 Å². The van der Waals surface area contributed by atoms with Crippen molar-refractivity contribution >= 4 is 0 Å². The van der Waals surface area contributed by atoms with Crippen molar-refractivity contribution in [2.75, 3.05) is 0 Å². The van der Waals surface area contributed by atoms with E-state index in [1.807, 2.05) is 26.1 Å². The van der Waals surface area contributed by atoms with Crippen LogP contribution >= 0.6 is 0 Å². The van der Waals surface area contributed by atoms with Gasteiger partial charge < -0.3 is 10.5 Å². The maximum absolute atomic E-state index is 13.6. The Kier molecular flexibility index (Phi) is 4.96. The second-order valence-corrected chi connectivity index (χ2v) is 5.37. The number of ether oxygens (including phenoxy) is 1. The molecule has 21 heavy (non-hydrogen) atoms. The molecule has 0 saturated carbocycles. The summed E-state index contributed by atoms with van der Waals surface area (Å²) in [6, 6.07) is 6.71. The molecule has 0 aliphatic rings. The Hall–Kier alpha value is -1.88. The highest BCUT2D eigenvalue weighted by atomic mass is 19.1. The van der Waals surface area contributed by atoms with Crippen molar-refractivity contribution in [3.8, 4) is 5.75 Å². The van der Waals surface area contributed by atoms with Gasteiger partial charge in [-0.25, -0.2) is 4.39 Å². The third-order valence-corrected chi connectivity index (χ3v) is 3.27. The number of aromatic nitrogens is 2. The van der Waals surface area contributed by atoms with E-state index in [2.05, 4.69) is 12.0 Å².